The van der Waals surface area contributed by atoms with Crippen molar-refractivity contribution in [1.82, 2.24) is 4.57 Å². The molecule has 1 heterocycles. The molecule has 7 heteroatoms. The predicted molar refractivity (Wildman–Crippen MR) is 60.5 cm³/mol. The lowest BCUT2D eigenvalue weighted by atomic mass is 10.2. The summed E-state index contributed by atoms with van der Waals surface area (Å²) in [5.41, 5.74) is 0.508. The fourth-order valence-electron chi connectivity index (χ4n) is 1.64. The number of oxazole rings is 1. The molecule has 0 aliphatic rings. The van der Waals surface area contributed by atoms with Crippen molar-refractivity contribution in [2.75, 3.05) is 6.61 Å². The normalized spacial score (nSPS) is 12.8. The molecule has 0 saturated carbocycles. The first-order valence-electron chi connectivity index (χ1n) is 5.18. The number of hydrogen-bond acceptors (Lipinski definition) is 5. The number of carboxylic acids is 1. The van der Waals surface area contributed by atoms with Gasteiger partial charge >= 0.3 is 11.7 Å². The molecule has 0 aliphatic heterocycles. The van der Waals surface area contributed by atoms with Crippen molar-refractivity contribution in [3.8, 4) is 0 Å². The van der Waals surface area contributed by atoms with Gasteiger partial charge in [0.1, 0.15) is 0 Å². The lowest BCUT2D eigenvalue weighted by molar-refractivity contribution is 0.0697. The van der Waals surface area contributed by atoms with Crippen LogP contribution < -0.4 is 5.76 Å². The van der Waals surface area contributed by atoms with E-state index in [9.17, 15) is 14.7 Å². The first-order chi connectivity index (χ1) is 8.52. The van der Waals surface area contributed by atoms with Crippen LogP contribution in [0.5, 0.6) is 0 Å². The van der Waals surface area contributed by atoms with Gasteiger partial charge in [0.25, 0.3) is 0 Å². The van der Waals surface area contributed by atoms with E-state index in [1.54, 1.807) is 0 Å². The molecule has 3 N–H and O–H groups in total. The molecule has 2 aromatic rings. The number of nitrogens with zero attached hydrogens (tertiary/aromatic N) is 1. The van der Waals surface area contributed by atoms with Gasteiger partial charge in [-0.15, -0.1) is 0 Å². The van der Waals surface area contributed by atoms with Gasteiger partial charge in [-0.25, -0.2) is 9.59 Å². The highest BCUT2D eigenvalue weighted by Gasteiger charge is 2.14. The Labute approximate surface area is 101 Å². The van der Waals surface area contributed by atoms with Crippen LogP contribution in [0.2, 0.25) is 0 Å². The van der Waals surface area contributed by atoms with Crippen LogP contribution in [-0.4, -0.2) is 38.6 Å². The number of carboxylic acid groups (broad SMARTS) is 1. The van der Waals surface area contributed by atoms with E-state index >= 15 is 0 Å². The Morgan fingerprint density at radius 2 is 2.17 bits per heavy atom. The van der Waals surface area contributed by atoms with E-state index in [1.807, 2.05) is 0 Å². The molecule has 0 bridgehead atoms. The minimum atomic E-state index is -1.12. The number of fused-ring (bicyclic) bond motifs is 1. The van der Waals surface area contributed by atoms with E-state index in [4.69, 9.17) is 14.6 Å². The Bertz CT molecular complexity index is 641. The van der Waals surface area contributed by atoms with Gasteiger partial charge in [-0.1, -0.05) is 0 Å². The number of aromatic nitrogens is 1. The molecule has 2 rings (SSSR count). The molecular formula is C11H11NO6. The third-order valence-corrected chi connectivity index (χ3v) is 2.52. The van der Waals surface area contributed by atoms with Gasteiger partial charge in [-0.2, -0.15) is 0 Å². The molecule has 0 saturated heterocycles. The number of benzene rings is 1. The van der Waals surface area contributed by atoms with Crippen LogP contribution in [0.3, 0.4) is 0 Å². The summed E-state index contributed by atoms with van der Waals surface area (Å²) in [6, 6.07) is 4.00. The molecule has 0 aliphatic carbocycles. The van der Waals surface area contributed by atoms with Crippen LogP contribution >= 0.6 is 0 Å². The standard InChI is InChI=1S/C11H11NO6/c13-5-7(14)4-12-8-2-1-6(10(15)16)3-9(8)18-11(12)17/h1-3,7,13-14H,4-5H2,(H,15,16). The zero-order valence-electron chi connectivity index (χ0n) is 9.24. The summed E-state index contributed by atoms with van der Waals surface area (Å²) >= 11 is 0. The van der Waals surface area contributed by atoms with Crippen molar-refractivity contribution >= 4 is 17.1 Å². The van der Waals surface area contributed by atoms with Gasteiger partial charge in [-0.05, 0) is 18.2 Å². The van der Waals surface area contributed by atoms with Gasteiger partial charge in [0, 0.05) is 0 Å². The Morgan fingerprint density at radius 1 is 1.44 bits per heavy atom. The smallest absolute Gasteiger partial charge is 0.420 e. The molecule has 7 nitrogen and oxygen atoms in total. The first kappa shape index (κ1) is 12.3. The number of aliphatic hydroxyl groups excluding tert-OH is 2. The van der Waals surface area contributed by atoms with Crippen LogP contribution in [0.4, 0.5) is 0 Å². The number of carbonyl (C=O) groups is 1. The van der Waals surface area contributed by atoms with E-state index in [2.05, 4.69) is 0 Å². The topological polar surface area (TPSA) is 113 Å². The fourth-order valence-corrected chi connectivity index (χ4v) is 1.64. The SMILES string of the molecule is O=C(O)c1ccc2c(c1)oc(=O)n2CC(O)CO. The fraction of sp³-hybridized carbons (Fsp3) is 0.273. The summed E-state index contributed by atoms with van der Waals surface area (Å²) in [7, 11) is 0. The van der Waals surface area contributed by atoms with Crippen LogP contribution in [0, 0.1) is 0 Å². The predicted octanol–water partition coefficient (Wildman–Crippen LogP) is -0.354. The second-order valence-corrected chi connectivity index (χ2v) is 3.80. The molecule has 1 unspecified atom stereocenters. The number of aromatic carboxylic acids is 1. The third kappa shape index (κ3) is 2.13. The molecule has 1 aromatic carbocycles. The highest BCUT2D eigenvalue weighted by Crippen LogP contribution is 2.15. The van der Waals surface area contributed by atoms with E-state index in [0.29, 0.717) is 5.52 Å². The minimum absolute atomic E-state index is 0.00565. The zero-order valence-corrected chi connectivity index (χ0v) is 9.24. The molecule has 96 valence electrons. The van der Waals surface area contributed by atoms with Gasteiger partial charge in [0.2, 0.25) is 0 Å². The minimum Gasteiger partial charge on any atom is -0.478 e. The van der Waals surface area contributed by atoms with Gasteiger partial charge in [0.15, 0.2) is 5.58 Å². The van der Waals surface area contributed by atoms with E-state index in [0.717, 1.165) is 4.57 Å². The average Bonchev–Trinajstić information content (AvgIpc) is 2.64. The van der Waals surface area contributed by atoms with Crippen molar-refractivity contribution in [1.29, 1.82) is 0 Å². The van der Waals surface area contributed by atoms with E-state index in [1.165, 1.54) is 18.2 Å². The molecule has 0 radical (unpaired) electrons. The second-order valence-electron chi connectivity index (χ2n) is 3.80. The summed E-state index contributed by atoms with van der Waals surface area (Å²) in [5, 5.41) is 26.9. The second kappa shape index (κ2) is 4.63. The van der Waals surface area contributed by atoms with Gasteiger partial charge < -0.3 is 19.7 Å². The van der Waals surface area contributed by atoms with E-state index < -0.39 is 24.4 Å². The zero-order chi connectivity index (χ0) is 13.3. The lowest BCUT2D eigenvalue weighted by Crippen LogP contribution is -2.25. The highest BCUT2D eigenvalue weighted by atomic mass is 16.4. The van der Waals surface area contributed by atoms with Gasteiger partial charge in [0.05, 0.1) is 30.3 Å². The maximum atomic E-state index is 11.5. The van der Waals surface area contributed by atoms with Crippen LogP contribution in [0.1, 0.15) is 10.4 Å². The summed E-state index contributed by atoms with van der Waals surface area (Å²) < 4.78 is 6.03. The largest absolute Gasteiger partial charge is 0.478 e. The summed E-state index contributed by atoms with van der Waals surface area (Å²) in [5.74, 6) is -1.83. The van der Waals surface area contributed by atoms with Crippen LogP contribution in [0.15, 0.2) is 27.4 Å². The quantitative estimate of drug-likeness (QED) is 0.686. The van der Waals surface area contributed by atoms with Crippen molar-refractivity contribution in [2.45, 2.75) is 12.6 Å². The maximum Gasteiger partial charge on any atom is 0.420 e. The van der Waals surface area contributed by atoms with Crippen molar-refractivity contribution < 1.29 is 24.5 Å². The van der Waals surface area contributed by atoms with Crippen molar-refractivity contribution in [3.05, 3.63) is 34.3 Å². The summed E-state index contributed by atoms with van der Waals surface area (Å²) in [4.78, 5) is 22.3. The molecule has 18 heavy (non-hydrogen) atoms. The Balaban J connectivity index is 2.52. The number of aliphatic hydroxyl groups is 2. The van der Waals surface area contributed by atoms with Crippen LogP contribution in [0.25, 0.3) is 11.1 Å². The van der Waals surface area contributed by atoms with Crippen LogP contribution in [-0.2, 0) is 6.54 Å². The van der Waals surface area contributed by atoms with Crippen molar-refractivity contribution in [2.24, 2.45) is 0 Å². The molecular weight excluding hydrogens is 242 g/mol. The summed E-state index contributed by atoms with van der Waals surface area (Å²) in [6.07, 6.45) is -1.08. The Kier molecular flexibility index (Phi) is 3.17. The first-order valence-corrected chi connectivity index (χ1v) is 5.18. The average molecular weight is 253 g/mol. The molecule has 0 amide bonds. The monoisotopic (exact) mass is 253 g/mol. The lowest BCUT2D eigenvalue weighted by Gasteiger charge is -2.06. The number of hydrogen-bond donors (Lipinski definition) is 3. The van der Waals surface area contributed by atoms with Crippen molar-refractivity contribution in [3.63, 3.8) is 0 Å². The Hall–Kier alpha value is -2.12. The van der Waals surface area contributed by atoms with Gasteiger partial charge in [-0.3, -0.25) is 4.57 Å². The third-order valence-electron chi connectivity index (χ3n) is 2.52. The molecule has 0 fully saturated rings. The maximum absolute atomic E-state index is 11.5. The Morgan fingerprint density at radius 3 is 2.78 bits per heavy atom. The molecule has 1 aromatic heterocycles. The number of rotatable bonds is 4. The molecule has 1 atom stereocenters. The van der Waals surface area contributed by atoms with E-state index in [-0.39, 0.29) is 17.7 Å². The molecule has 0 spiro atoms. The summed E-state index contributed by atoms with van der Waals surface area (Å²) in [6.45, 7) is -0.596. The highest BCUT2D eigenvalue weighted by molar-refractivity contribution is 5.91.